The second-order valence-electron chi connectivity index (χ2n) is 8.15. The Hall–Kier alpha value is -4.13. The Labute approximate surface area is 189 Å². The van der Waals surface area contributed by atoms with Gasteiger partial charge < -0.3 is 13.7 Å². The van der Waals surface area contributed by atoms with E-state index in [-0.39, 0.29) is 16.8 Å². The maximum Gasteiger partial charge on any atom is 0.296 e. The largest absolute Gasteiger partial charge is 0.490 e. The first kappa shape index (κ1) is 20.8. The number of benzene rings is 2. The Bertz CT molecular complexity index is 1480. The van der Waals surface area contributed by atoms with E-state index in [0.29, 0.717) is 40.5 Å². The number of aromatic nitrogens is 1. The minimum absolute atomic E-state index is 0.0128. The molecule has 1 atom stereocenters. The Morgan fingerprint density at radius 2 is 1.91 bits per heavy atom. The van der Waals surface area contributed by atoms with Crippen molar-refractivity contribution in [3.8, 4) is 5.75 Å². The topological polar surface area (TPSA) is 85.8 Å². The molecular weight excluding hydrogens is 420 g/mol. The predicted octanol–water partition coefficient (Wildman–Crippen LogP) is 5.02. The van der Waals surface area contributed by atoms with Crippen LogP contribution in [0, 0.1) is 20.8 Å². The summed E-state index contributed by atoms with van der Waals surface area (Å²) in [6.45, 7) is 9.63. The molecule has 5 rings (SSSR count). The summed E-state index contributed by atoms with van der Waals surface area (Å²) in [5, 5.41) is 4.49. The Balaban J connectivity index is 1.77. The summed E-state index contributed by atoms with van der Waals surface area (Å²) in [6.07, 6.45) is 1.65. The molecule has 0 aliphatic carbocycles. The van der Waals surface area contributed by atoms with Crippen molar-refractivity contribution in [1.29, 1.82) is 0 Å². The number of rotatable bonds is 5. The van der Waals surface area contributed by atoms with Crippen LogP contribution in [0.15, 0.2) is 68.9 Å². The zero-order valence-corrected chi connectivity index (χ0v) is 18.5. The van der Waals surface area contributed by atoms with Gasteiger partial charge in [-0.25, -0.2) is 0 Å². The van der Waals surface area contributed by atoms with Crippen LogP contribution in [-0.2, 0) is 0 Å². The van der Waals surface area contributed by atoms with E-state index >= 15 is 0 Å². The number of amides is 1. The fraction of sp³-hybridized carbons (Fsp3) is 0.192. The fourth-order valence-corrected chi connectivity index (χ4v) is 4.18. The van der Waals surface area contributed by atoms with E-state index in [1.54, 1.807) is 31.2 Å². The third-order valence-electron chi connectivity index (χ3n) is 5.89. The van der Waals surface area contributed by atoms with Gasteiger partial charge in [0.2, 0.25) is 5.76 Å². The van der Waals surface area contributed by atoms with Gasteiger partial charge >= 0.3 is 0 Å². The maximum atomic E-state index is 13.7. The Morgan fingerprint density at radius 1 is 1.12 bits per heavy atom. The lowest BCUT2D eigenvalue weighted by Crippen LogP contribution is -2.29. The SMILES string of the molecule is C=CCOc1cccc([C@@H]2c3c(oc4cc(C)c(C)cc4c3=O)C(=O)N2c2cc(C)on2)c1. The quantitative estimate of drug-likeness (QED) is 0.404. The van der Waals surface area contributed by atoms with E-state index < -0.39 is 11.9 Å². The number of fused-ring (bicyclic) bond motifs is 2. The average Bonchev–Trinajstić information content (AvgIpc) is 3.35. The van der Waals surface area contributed by atoms with Crippen LogP contribution < -0.4 is 15.1 Å². The lowest BCUT2D eigenvalue weighted by molar-refractivity contribution is 0.0969. The number of hydrogen-bond donors (Lipinski definition) is 0. The third kappa shape index (κ3) is 3.33. The van der Waals surface area contributed by atoms with Crippen LogP contribution in [0.3, 0.4) is 0 Å². The zero-order chi connectivity index (χ0) is 23.3. The molecule has 166 valence electrons. The van der Waals surface area contributed by atoms with Gasteiger partial charge in [0.15, 0.2) is 11.2 Å². The molecule has 2 aromatic carbocycles. The second-order valence-corrected chi connectivity index (χ2v) is 8.15. The summed E-state index contributed by atoms with van der Waals surface area (Å²) in [7, 11) is 0. The average molecular weight is 442 g/mol. The van der Waals surface area contributed by atoms with Gasteiger partial charge in [0.25, 0.3) is 5.91 Å². The maximum absolute atomic E-state index is 13.7. The van der Waals surface area contributed by atoms with Gasteiger partial charge in [0, 0.05) is 6.07 Å². The first-order valence-corrected chi connectivity index (χ1v) is 10.6. The number of ether oxygens (including phenoxy) is 1. The third-order valence-corrected chi connectivity index (χ3v) is 5.89. The highest BCUT2D eigenvalue weighted by Crippen LogP contribution is 2.41. The summed E-state index contributed by atoms with van der Waals surface area (Å²) in [5.41, 5.74) is 3.06. The van der Waals surface area contributed by atoms with Crippen LogP contribution in [-0.4, -0.2) is 17.7 Å². The van der Waals surface area contributed by atoms with Crippen molar-refractivity contribution in [2.45, 2.75) is 26.8 Å². The monoisotopic (exact) mass is 442 g/mol. The molecule has 0 radical (unpaired) electrons. The number of nitrogens with zero attached hydrogens (tertiary/aromatic N) is 2. The van der Waals surface area contributed by atoms with Crippen LogP contribution >= 0.6 is 0 Å². The minimum atomic E-state index is -0.744. The molecule has 1 aliphatic rings. The molecule has 7 heteroatoms. The molecule has 7 nitrogen and oxygen atoms in total. The molecule has 0 spiro atoms. The van der Waals surface area contributed by atoms with Crippen molar-refractivity contribution in [2.24, 2.45) is 0 Å². The zero-order valence-electron chi connectivity index (χ0n) is 18.5. The highest BCUT2D eigenvalue weighted by Gasteiger charge is 2.45. The number of carbonyl (C=O) groups excluding carboxylic acids is 1. The Kier molecular flexibility index (Phi) is 4.89. The summed E-state index contributed by atoms with van der Waals surface area (Å²) in [5.74, 6) is 1.02. The van der Waals surface area contributed by atoms with E-state index in [0.717, 1.165) is 11.1 Å². The van der Waals surface area contributed by atoms with Crippen molar-refractivity contribution in [1.82, 2.24) is 5.16 Å². The first-order valence-electron chi connectivity index (χ1n) is 10.6. The molecule has 0 N–H and O–H groups in total. The molecule has 0 saturated heterocycles. The fourth-order valence-electron chi connectivity index (χ4n) is 4.18. The first-order chi connectivity index (χ1) is 15.9. The van der Waals surface area contributed by atoms with Crippen molar-refractivity contribution >= 4 is 22.7 Å². The molecule has 0 bridgehead atoms. The summed E-state index contributed by atoms with van der Waals surface area (Å²) >= 11 is 0. The van der Waals surface area contributed by atoms with Crippen molar-refractivity contribution in [3.05, 3.63) is 99.1 Å². The number of carbonyl (C=O) groups is 1. The van der Waals surface area contributed by atoms with Gasteiger partial charge in [-0.1, -0.05) is 29.9 Å². The standard InChI is InChI=1S/C26H22N2O5/c1-5-9-31-18-8-6-7-17(13-18)23-22-24(29)19-10-14(2)15(3)11-20(19)32-25(22)26(30)28(23)21-12-16(4)33-27-21/h5-8,10-13,23H,1,9H2,2-4H3/t23-/m1/s1. The molecular formula is C26H22N2O5. The van der Waals surface area contributed by atoms with Gasteiger partial charge in [-0.3, -0.25) is 14.5 Å². The molecule has 0 unspecified atom stereocenters. The van der Waals surface area contributed by atoms with Crippen LogP contribution in [0.2, 0.25) is 0 Å². The van der Waals surface area contributed by atoms with E-state index in [9.17, 15) is 9.59 Å². The van der Waals surface area contributed by atoms with Crippen LogP contribution in [0.4, 0.5) is 5.82 Å². The molecule has 1 aliphatic heterocycles. The van der Waals surface area contributed by atoms with Gasteiger partial charge in [-0.15, -0.1) is 0 Å². The normalized spacial score (nSPS) is 15.2. The molecule has 3 heterocycles. The van der Waals surface area contributed by atoms with Crippen LogP contribution in [0.25, 0.3) is 11.0 Å². The second kappa shape index (κ2) is 7.78. The molecule has 4 aromatic rings. The van der Waals surface area contributed by atoms with Crippen molar-refractivity contribution in [3.63, 3.8) is 0 Å². The molecule has 33 heavy (non-hydrogen) atoms. The van der Waals surface area contributed by atoms with E-state index in [1.807, 2.05) is 38.1 Å². The predicted molar refractivity (Wildman–Crippen MR) is 124 cm³/mol. The molecule has 0 fully saturated rings. The molecule has 0 saturated carbocycles. The minimum Gasteiger partial charge on any atom is -0.490 e. The van der Waals surface area contributed by atoms with E-state index in [1.165, 1.54) is 4.90 Å². The summed E-state index contributed by atoms with van der Waals surface area (Å²) in [6, 6.07) is 11.8. The van der Waals surface area contributed by atoms with E-state index in [2.05, 4.69) is 11.7 Å². The summed E-state index contributed by atoms with van der Waals surface area (Å²) < 4.78 is 17.0. The lowest BCUT2D eigenvalue weighted by atomic mass is 9.97. The summed E-state index contributed by atoms with van der Waals surface area (Å²) in [4.78, 5) is 28.7. The number of anilines is 1. The number of hydrogen-bond acceptors (Lipinski definition) is 6. The number of aryl methyl sites for hydroxylation is 3. The van der Waals surface area contributed by atoms with Crippen LogP contribution in [0.5, 0.6) is 5.75 Å². The Morgan fingerprint density at radius 3 is 2.64 bits per heavy atom. The highest BCUT2D eigenvalue weighted by atomic mass is 16.5. The molecule has 1 amide bonds. The van der Waals surface area contributed by atoms with E-state index in [4.69, 9.17) is 13.7 Å². The van der Waals surface area contributed by atoms with Crippen molar-refractivity contribution in [2.75, 3.05) is 11.5 Å². The van der Waals surface area contributed by atoms with Gasteiger partial charge in [-0.2, -0.15) is 0 Å². The lowest BCUT2D eigenvalue weighted by Gasteiger charge is -2.22. The van der Waals surface area contributed by atoms with Gasteiger partial charge in [0.05, 0.1) is 17.0 Å². The van der Waals surface area contributed by atoms with Gasteiger partial charge in [0.1, 0.15) is 23.7 Å². The van der Waals surface area contributed by atoms with Crippen molar-refractivity contribution < 1.29 is 18.5 Å². The van der Waals surface area contributed by atoms with Crippen LogP contribution in [0.1, 0.15) is 44.6 Å². The molecule has 2 aromatic heterocycles. The highest BCUT2D eigenvalue weighted by molar-refractivity contribution is 6.10. The smallest absolute Gasteiger partial charge is 0.296 e. The van der Waals surface area contributed by atoms with Gasteiger partial charge in [-0.05, 0) is 61.7 Å².